The summed E-state index contributed by atoms with van der Waals surface area (Å²) >= 11 is 0.987. The van der Waals surface area contributed by atoms with Crippen molar-refractivity contribution in [1.82, 2.24) is 9.78 Å². The minimum absolute atomic E-state index is 0. The summed E-state index contributed by atoms with van der Waals surface area (Å²) < 4.78 is 49.7. The van der Waals surface area contributed by atoms with Crippen LogP contribution in [0.5, 0.6) is 0 Å². The van der Waals surface area contributed by atoms with Gasteiger partial charge in [0.1, 0.15) is 6.54 Å². The fraction of sp³-hybridized carbons (Fsp3) is 0.300. The number of nitrogens with one attached hydrogen (secondary N) is 1. The molecule has 2 aromatic rings. The van der Waals surface area contributed by atoms with E-state index in [1.807, 2.05) is 0 Å². The number of hydrogen-bond donors (Lipinski definition) is 1. The Kier molecular flexibility index (Phi) is 5.19. The molecule has 0 aliphatic carbocycles. The summed E-state index contributed by atoms with van der Waals surface area (Å²) in [6.07, 6.45) is -1.73. The topological polar surface area (TPSA) is 29.9 Å². The van der Waals surface area contributed by atoms with E-state index in [4.69, 9.17) is 0 Å². The van der Waals surface area contributed by atoms with Crippen molar-refractivity contribution in [2.24, 2.45) is 0 Å². The van der Waals surface area contributed by atoms with Gasteiger partial charge in [0.25, 0.3) is 0 Å². The van der Waals surface area contributed by atoms with Crippen molar-refractivity contribution in [2.75, 3.05) is 5.32 Å². The smallest absolute Gasteiger partial charge is 0.378 e. The van der Waals surface area contributed by atoms with Crippen LogP contribution in [0.4, 0.5) is 23.2 Å². The van der Waals surface area contributed by atoms with Gasteiger partial charge in [-0.2, -0.15) is 22.7 Å². The second-order valence-electron chi connectivity index (χ2n) is 3.60. The van der Waals surface area contributed by atoms with Gasteiger partial charge < -0.3 is 5.32 Å². The monoisotopic (exact) mass is 315 g/mol. The molecule has 2 rings (SSSR count). The number of aromatic nitrogens is 2. The van der Waals surface area contributed by atoms with Crippen molar-refractivity contribution in [3.63, 3.8) is 0 Å². The van der Waals surface area contributed by atoms with E-state index in [0.717, 1.165) is 20.9 Å². The van der Waals surface area contributed by atoms with Gasteiger partial charge in [0.15, 0.2) is 5.13 Å². The molecule has 2 heterocycles. The second kappa shape index (κ2) is 6.25. The third-order valence-electron chi connectivity index (χ3n) is 2.07. The molecule has 19 heavy (non-hydrogen) atoms. The van der Waals surface area contributed by atoms with Crippen LogP contribution in [0.1, 0.15) is 4.88 Å². The normalized spacial score (nSPS) is 11.2. The molecule has 0 aliphatic rings. The zero-order valence-corrected chi connectivity index (χ0v) is 11.1. The van der Waals surface area contributed by atoms with E-state index < -0.39 is 12.7 Å². The van der Waals surface area contributed by atoms with Crippen molar-refractivity contribution in [3.8, 4) is 0 Å². The fourth-order valence-electron chi connectivity index (χ4n) is 1.36. The van der Waals surface area contributed by atoms with E-state index in [1.165, 1.54) is 18.5 Å². The summed E-state index contributed by atoms with van der Waals surface area (Å²) in [5.74, 6) is 0. The number of anilines is 1. The highest BCUT2D eigenvalue weighted by Gasteiger charge is 2.28. The van der Waals surface area contributed by atoms with Gasteiger partial charge in [-0.15, -0.1) is 23.7 Å². The molecule has 0 radical (unpaired) electrons. The molecule has 0 aliphatic heterocycles. The van der Waals surface area contributed by atoms with Gasteiger partial charge in [-0.05, 0) is 12.1 Å². The fourth-order valence-corrected chi connectivity index (χ4v) is 2.03. The van der Waals surface area contributed by atoms with Crippen LogP contribution in [0.3, 0.4) is 0 Å². The van der Waals surface area contributed by atoms with Crippen LogP contribution >= 0.6 is 23.7 Å². The Morgan fingerprint density at radius 3 is 2.63 bits per heavy atom. The SMILES string of the molecule is Cl.Fc1ccc(CNc2cnn(CC(F)(F)F)c2)s1. The lowest BCUT2D eigenvalue weighted by Crippen LogP contribution is -2.17. The van der Waals surface area contributed by atoms with Gasteiger partial charge >= 0.3 is 6.18 Å². The molecule has 0 amide bonds. The van der Waals surface area contributed by atoms with Gasteiger partial charge in [-0.1, -0.05) is 0 Å². The number of rotatable bonds is 4. The Balaban J connectivity index is 0.00000180. The Morgan fingerprint density at radius 1 is 1.32 bits per heavy atom. The second-order valence-corrected chi connectivity index (χ2v) is 4.72. The minimum atomic E-state index is -4.29. The summed E-state index contributed by atoms with van der Waals surface area (Å²) in [7, 11) is 0. The standard InChI is InChI=1S/C10H9F4N3S.ClH/c11-9-2-1-8(18-9)4-15-7-3-16-17(5-7)6-10(12,13)14;/h1-3,5,15H,4,6H2;1H. The van der Waals surface area contributed by atoms with E-state index in [2.05, 4.69) is 10.4 Å². The molecule has 1 N–H and O–H groups in total. The van der Waals surface area contributed by atoms with E-state index in [-0.39, 0.29) is 17.5 Å². The number of nitrogens with zero attached hydrogens (tertiary/aromatic N) is 2. The average Bonchev–Trinajstić information content (AvgIpc) is 2.82. The number of hydrogen-bond acceptors (Lipinski definition) is 3. The third-order valence-corrected chi connectivity index (χ3v) is 2.94. The molecule has 2 aromatic heterocycles. The number of thiophene rings is 1. The average molecular weight is 316 g/mol. The van der Waals surface area contributed by atoms with Crippen LogP contribution < -0.4 is 5.32 Å². The lowest BCUT2D eigenvalue weighted by atomic mass is 10.4. The first kappa shape index (κ1) is 15.8. The number of halogens is 5. The van der Waals surface area contributed by atoms with E-state index >= 15 is 0 Å². The quantitative estimate of drug-likeness (QED) is 0.872. The van der Waals surface area contributed by atoms with Gasteiger partial charge in [-0.3, -0.25) is 4.68 Å². The van der Waals surface area contributed by atoms with Crippen molar-refractivity contribution in [1.29, 1.82) is 0 Å². The Hall–Kier alpha value is -1.28. The molecule has 0 fully saturated rings. The van der Waals surface area contributed by atoms with Crippen LogP contribution in [-0.2, 0) is 13.1 Å². The van der Waals surface area contributed by atoms with Crippen molar-refractivity contribution in [2.45, 2.75) is 19.3 Å². The van der Waals surface area contributed by atoms with Gasteiger partial charge in [0, 0.05) is 17.6 Å². The maximum absolute atomic E-state index is 12.7. The van der Waals surface area contributed by atoms with E-state index in [1.54, 1.807) is 6.07 Å². The lowest BCUT2D eigenvalue weighted by molar-refractivity contribution is -0.142. The highest BCUT2D eigenvalue weighted by molar-refractivity contribution is 7.10. The van der Waals surface area contributed by atoms with Crippen LogP contribution in [0.15, 0.2) is 24.5 Å². The first-order valence-electron chi connectivity index (χ1n) is 5.00. The van der Waals surface area contributed by atoms with Gasteiger partial charge in [0.05, 0.1) is 11.9 Å². The molecule has 0 spiro atoms. The summed E-state index contributed by atoms with van der Waals surface area (Å²) in [5, 5.41) is 6.16. The predicted octanol–water partition coefficient (Wildman–Crippen LogP) is 3.68. The van der Waals surface area contributed by atoms with E-state index in [9.17, 15) is 17.6 Å². The molecule has 3 nitrogen and oxygen atoms in total. The maximum Gasteiger partial charge on any atom is 0.408 e. The van der Waals surface area contributed by atoms with E-state index in [0.29, 0.717) is 12.2 Å². The third kappa shape index (κ3) is 5.07. The van der Waals surface area contributed by atoms with Crippen LogP contribution in [0.2, 0.25) is 0 Å². The van der Waals surface area contributed by atoms with Crippen LogP contribution in [0, 0.1) is 5.13 Å². The molecule has 0 saturated heterocycles. The molecular formula is C10H10ClF4N3S. The Morgan fingerprint density at radius 2 is 2.05 bits per heavy atom. The van der Waals surface area contributed by atoms with Crippen molar-refractivity contribution in [3.05, 3.63) is 34.5 Å². The van der Waals surface area contributed by atoms with Gasteiger partial charge in [0.2, 0.25) is 0 Å². The highest BCUT2D eigenvalue weighted by Crippen LogP contribution is 2.19. The molecule has 0 bridgehead atoms. The Labute approximate surface area is 116 Å². The Bertz CT molecular complexity index is 523. The summed E-state index contributed by atoms with van der Waals surface area (Å²) in [6, 6.07) is 2.96. The van der Waals surface area contributed by atoms with Crippen molar-refractivity contribution >= 4 is 29.4 Å². The van der Waals surface area contributed by atoms with Gasteiger partial charge in [-0.25, -0.2) is 0 Å². The largest absolute Gasteiger partial charge is 0.408 e. The first-order chi connectivity index (χ1) is 8.42. The zero-order valence-electron chi connectivity index (χ0n) is 9.45. The molecule has 0 aromatic carbocycles. The molecular weight excluding hydrogens is 306 g/mol. The minimum Gasteiger partial charge on any atom is -0.378 e. The molecule has 0 atom stereocenters. The zero-order chi connectivity index (χ0) is 13.2. The summed E-state index contributed by atoms with van der Waals surface area (Å²) in [5.41, 5.74) is 0.466. The van der Waals surface area contributed by atoms with Crippen LogP contribution in [-0.4, -0.2) is 16.0 Å². The van der Waals surface area contributed by atoms with Crippen LogP contribution in [0.25, 0.3) is 0 Å². The predicted molar refractivity (Wildman–Crippen MR) is 67.1 cm³/mol. The first-order valence-corrected chi connectivity index (χ1v) is 5.81. The maximum atomic E-state index is 12.7. The molecule has 106 valence electrons. The number of alkyl halides is 3. The molecule has 0 saturated carbocycles. The molecule has 0 unspecified atom stereocenters. The summed E-state index contributed by atoms with van der Waals surface area (Å²) in [6.45, 7) is -0.769. The highest BCUT2D eigenvalue weighted by atomic mass is 35.5. The van der Waals surface area contributed by atoms with Crippen molar-refractivity contribution < 1.29 is 17.6 Å². The molecule has 9 heteroatoms. The lowest BCUT2D eigenvalue weighted by Gasteiger charge is -2.05. The summed E-state index contributed by atoms with van der Waals surface area (Å²) in [4.78, 5) is 0.760.